The van der Waals surface area contributed by atoms with Crippen molar-refractivity contribution >= 4 is 5.57 Å². The number of rotatable bonds is 6. The van der Waals surface area contributed by atoms with Crippen LogP contribution in [0.15, 0.2) is 48.6 Å². The summed E-state index contributed by atoms with van der Waals surface area (Å²) in [5, 5.41) is 0. The minimum absolute atomic E-state index is 0.288. The van der Waals surface area contributed by atoms with Crippen LogP contribution in [0.5, 0.6) is 0 Å². The summed E-state index contributed by atoms with van der Waals surface area (Å²) < 4.78 is 29.2. The number of unbranched alkanes of at least 4 members (excludes halogenated alkanes) is 1. The predicted octanol–water partition coefficient (Wildman–Crippen LogP) is 6.44. The van der Waals surface area contributed by atoms with Gasteiger partial charge in [-0.15, -0.1) is 0 Å². The molecule has 1 aromatic carbocycles. The first kappa shape index (κ1) is 16.4. The highest BCUT2D eigenvalue weighted by molar-refractivity contribution is 5.76. The fraction of sp³-hybridized carbons (Fsp3) is 0.524. The molecule has 0 spiro atoms. The number of benzene rings is 1. The Morgan fingerprint density at radius 1 is 1.04 bits per heavy atom. The predicted molar refractivity (Wildman–Crippen MR) is 92.7 cm³/mol. The molecule has 2 atom stereocenters. The van der Waals surface area contributed by atoms with Gasteiger partial charge in [0.25, 0.3) is 0 Å². The van der Waals surface area contributed by atoms with E-state index in [1.165, 1.54) is 44.3 Å². The quantitative estimate of drug-likeness (QED) is 0.530. The molecule has 0 nitrogen and oxygen atoms in total. The second kappa shape index (κ2) is 7.42. The summed E-state index contributed by atoms with van der Waals surface area (Å²) in [6, 6.07) is 9.61. The Morgan fingerprint density at radius 3 is 2.48 bits per heavy atom. The van der Waals surface area contributed by atoms with Crippen molar-refractivity contribution in [2.24, 2.45) is 5.92 Å². The van der Waals surface area contributed by atoms with Crippen molar-refractivity contribution in [2.45, 2.75) is 63.2 Å². The van der Waals surface area contributed by atoms with E-state index in [-0.39, 0.29) is 6.42 Å². The maximum absolute atomic E-state index is 14.8. The van der Waals surface area contributed by atoms with Gasteiger partial charge in [-0.2, -0.15) is 0 Å². The molecular formula is C21H26F2. The SMILES string of the molecule is FC1C=C(c2ccccc2)C=CC1(F)CCCCC1CCCC1. The van der Waals surface area contributed by atoms with Gasteiger partial charge in [0, 0.05) is 0 Å². The van der Waals surface area contributed by atoms with Gasteiger partial charge < -0.3 is 0 Å². The van der Waals surface area contributed by atoms with Crippen molar-refractivity contribution in [3.05, 3.63) is 54.1 Å². The van der Waals surface area contributed by atoms with Crippen LogP contribution in [0.3, 0.4) is 0 Å². The summed E-state index contributed by atoms with van der Waals surface area (Å²) in [4.78, 5) is 0. The molecule has 0 aromatic heterocycles. The van der Waals surface area contributed by atoms with E-state index in [1.807, 2.05) is 30.3 Å². The highest BCUT2D eigenvalue weighted by Gasteiger charge is 2.37. The van der Waals surface area contributed by atoms with E-state index < -0.39 is 11.8 Å². The summed E-state index contributed by atoms with van der Waals surface area (Å²) in [5.41, 5.74) is -0.111. The zero-order valence-electron chi connectivity index (χ0n) is 13.7. The molecule has 2 heteroatoms. The van der Waals surface area contributed by atoms with Gasteiger partial charge in [-0.25, -0.2) is 8.78 Å². The molecule has 0 bridgehead atoms. The fourth-order valence-corrected chi connectivity index (χ4v) is 3.84. The molecule has 23 heavy (non-hydrogen) atoms. The Bertz CT molecular complexity index is 554. The number of allylic oxidation sites excluding steroid dienone is 4. The minimum atomic E-state index is -1.83. The van der Waals surface area contributed by atoms with Gasteiger partial charge in [0.2, 0.25) is 0 Å². The highest BCUT2D eigenvalue weighted by atomic mass is 19.2. The molecule has 124 valence electrons. The van der Waals surface area contributed by atoms with Crippen LogP contribution in [0, 0.1) is 5.92 Å². The number of hydrogen-bond donors (Lipinski definition) is 0. The molecule has 0 N–H and O–H groups in total. The fourth-order valence-electron chi connectivity index (χ4n) is 3.84. The zero-order valence-corrected chi connectivity index (χ0v) is 13.7. The van der Waals surface area contributed by atoms with Crippen molar-refractivity contribution in [1.82, 2.24) is 0 Å². The van der Waals surface area contributed by atoms with Crippen LogP contribution in [0.2, 0.25) is 0 Å². The lowest BCUT2D eigenvalue weighted by atomic mass is 9.85. The standard InChI is InChI=1S/C21H26F2/c22-20-16-19(18-11-2-1-3-12-18)13-15-21(20,23)14-7-6-10-17-8-4-5-9-17/h1-3,11-13,15-17,20H,4-10,14H2. The Morgan fingerprint density at radius 2 is 1.78 bits per heavy atom. The van der Waals surface area contributed by atoms with Crippen molar-refractivity contribution in [3.63, 3.8) is 0 Å². The van der Waals surface area contributed by atoms with Crippen LogP contribution in [0.4, 0.5) is 8.78 Å². The maximum Gasteiger partial charge on any atom is 0.164 e. The van der Waals surface area contributed by atoms with Crippen molar-refractivity contribution in [3.8, 4) is 0 Å². The Labute approximate surface area is 138 Å². The molecule has 0 saturated heterocycles. The third-order valence-corrected chi connectivity index (χ3v) is 5.33. The molecule has 0 radical (unpaired) electrons. The summed E-state index contributed by atoms with van der Waals surface area (Å²) in [5.74, 6) is 0.832. The van der Waals surface area contributed by atoms with Gasteiger partial charge in [0.05, 0.1) is 0 Å². The van der Waals surface area contributed by atoms with E-state index in [0.717, 1.165) is 29.9 Å². The Kier molecular flexibility index (Phi) is 5.30. The minimum Gasteiger partial charge on any atom is -0.239 e. The van der Waals surface area contributed by atoms with E-state index in [0.29, 0.717) is 0 Å². The van der Waals surface area contributed by atoms with Gasteiger partial charge in [-0.3, -0.25) is 0 Å². The van der Waals surface area contributed by atoms with Crippen LogP contribution >= 0.6 is 0 Å². The second-order valence-electron chi connectivity index (χ2n) is 7.05. The summed E-state index contributed by atoms with van der Waals surface area (Å²) in [6.07, 6.45) is 11.7. The van der Waals surface area contributed by atoms with Crippen molar-refractivity contribution in [2.75, 3.05) is 0 Å². The van der Waals surface area contributed by atoms with E-state index >= 15 is 0 Å². The maximum atomic E-state index is 14.8. The van der Waals surface area contributed by atoms with Crippen LogP contribution in [0.1, 0.15) is 56.9 Å². The molecule has 0 aliphatic heterocycles. The van der Waals surface area contributed by atoms with E-state index in [2.05, 4.69) is 0 Å². The molecule has 2 unspecified atom stereocenters. The first-order valence-electron chi connectivity index (χ1n) is 8.97. The van der Waals surface area contributed by atoms with Crippen molar-refractivity contribution in [1.29, 1.82) is 0 Å². The molecule has 0 heterocycles. The van der Waals surface area contributed by atoms with Crippen LogP contribution in [0.25, 0.3) is 5.57 Å². The lowest BCUT2D eigenvalue weighted by Crippen LogP contribution is -2.33. The molecule has 3 rings (SSSR count). The average molecular weight is 316 g/mol. The molecular weight excluding hydrogens is 290 g/mol. The summed E-state index contributed by atoms with van der Waals surface area (Å²) >= 11 is 0. The normalized spacial score (nSPS) is 28.1. The number of hydrogen-bond acceptors (Lipinski definition) is 0. The van der Waals surface area contributed by atoms with Gasteiger partial charge in [-0.1, -0.05) is 74.9 Å². The average Bonchev–Trinajstić information content (AvgIpc) is 3.09. The topological polar surface area (TPSA) is 0 Å². The van der Waals surface area contributed by atoms with Crippen LogP contribution < -0.4 is 0 Å². The molecule has 1 fully saturated rings. The van der Waals surface area contributed by atoms with Gasteiger partial charge in [0.1, 0.15) is 0 Å². The summed E-state index contributed by atoms with van der Waals surface area (Å²) in [7, 11) is 0. The Hall–Kier alpha value is -1.44. The van der Waals surface area contributed by atoms with Gasteiger partial charge >= 0.3 is 0 Å². The van der Waals surface area contributed by atoms with Gasteiger partial charge in [-0.05, 0) is 42.0 Å². The molecule has 2 aliphatic carbocycles. The Balaban J connectivity index is 1.52. The monoisotopic (exact) mass is 316 g/mol. The molecule has 2 aliphatic rings. The molecule has 1 saturated carbocycles. The van der Waals surface area contributed by atoms with E-state index in [1.54, 1.807) is 6.08 Å². The lowest BCUT2D eigenvalue weighted by Gasteiger charge is -2.28. The number of alkyl halides is 2. The van der Waals surface area contributed by atoms with Crippen LogP contribution in [-0.2, 0) is 0 Å². The third-order valence-electron chi connectivity index (χ3n) is 5.33. The first-order valence-corrected chi connectivity index (χ1v) is 8.97. The smallest absolute Gasteiger partial charge is 0.164 e. The molecule has 0 amide bonds. The number of halogens is 2. The van der Waals surface area contributed by atoms with E-state index in [9.17, 15) is 8.78 Å². The van der Waals surface area contributed by atoms with Crippen molar-refractivity contribution < 1.29 is 8.78 Å². The first-order chi connectivity index (χ1) is 11.2. The van der Waals surface area contributed by atoms with Crippen LogP contribution in [-0.4, -0.2) is 11.8 Å². The highest BCUT2D eigenvalue weighted by Crippen LogP contribution is 2.36. The zero-order chi connectivity index (χ0) is 16.1. The lowest BCUT2D eigenvalue weighted by molar-refractivity contribution is 0.111. The third kappa shape index (κ3) is 4.10. The van der Waals surface area contributed by atoms with Gasteiger partial charge in [0.15, 0.2) is 11.8 Å². The second-order valence-corrected chi connectivity index (χ2v) is 7.05. The molecule has 1 aromatic rings. The van der Waals surface area contributed by atoms with E-state index in [4.69, 9.17) is 0 Å². The summed E-state index contributed by atoms with van der Waals surface area (Å²) in [6.45, 7) is 0. The largest absolute Gasteiger partial charge is 0.239 e.